The third kappa shape index (κ3) is 5.28. The van der Waals surface area contributed by atoms with Gasteiger partial charge in [-0.25, -0.2) is 4.39 Å². The van der Waals surface area contributed by atoms with E-state index in [4.69, 9.17) is 39.5 Å². The number of hydrogen-bond donors (Lipinski definition) is 1. The van der Waals surface area contributed by atoms with Gasteiger partial charge in [0.25, 0.3) is 0 Å². The zero-order valence-electron chi connectivity index (χ0n) is 13.6. The molecule has 2 nitrogen and oxygen atoms in total. The van der Waals surface area contributed by atoms with Gasteiger partial charge in [0.1, 0.15) is 18.2 Å². The van der Waals surface area contributed by atoms with Gasteiger partial charge < -0.3 is 10.1 Å². The smallest absolute Gasteiger partial charge is 0.124 e. The first-order chi connectivity index (χ1) is 12.5. The van der Waals surface area contributed by atoms with Crippen LogP contribution in [0, 0.1) is 5.82 Å². The molecule has 0 saturated carbocycles. The van der Waals surface area contributed by atoms with E-state index in [1.165, 1.54) is 12.1 Å². The van der Waals surface area contributed by atoms with Gasteiger partial charge in [-0.15, -0.1) is 0 Å². The predicted octanol–water partition coefficient (Wildman–Crippen LogP) is 6.98. The lowest BCUT2D eigenvalue weighted by Crippen LogP contribution is -2.01. The van der Waals surface area contributed by atoms with Crippen LogP contribution in [0.2, 0.25) is 15.1 Å². The van der Waals surface area contributed by atoms with Crippen LogP contribution in [0.3, 0.4) is 0 Å². The van der Waals surface area contributed by atoms with E-state index in [-0.39, 0.29) is 12.4 Å². The minimum Gasteiger partial charge on any atom is -0.489 e. The van der Waals surface area contributed by atoms with Crippen molar-refractivity contribution in [1.82, 2.24) is 0 Å². The Hall–Kier alpha value is -1.94. The average Bonchev–Trinajstić information content (AvgIpc) is 2.59. The van der Waals surface area contributed by atoms with Crippen molar-refractivity contribution in [2.75, 3.05) is 5.32 Å². The summed E-state index contributed by atoms with van der Waals surface area (Å²) < 4.78 is 18.9. The van der Waals surface area contributed by atoms with Gasteiger partial charge in [0, 0.05) is 27.8 Å². The molecule has 3 aromatic carbocycles. The molecule has 0 atom stereocenters. The maximum absolute atomic E-state index is 13.1. The standard InChI is InChI=1S/C20H15Cl3FNO/c21-15-7-16(22)9-18(8-15)25-11-13-2-1-3-19(6-13)26-12-14-4-5-17(24)10-20(14)23/h1-10,25H,11-12H2. The zero-order valence-corrected chi connectivity index (χ0v) is 15.9. The van der Waals surface area contributed by atoms with Crippen LogP contribution in [0.25, 0.3) is 0 Å². The second-order valence-electron chi connectivity index (χ2n) is 5.68. The molecule has 134 valence electrons. The van der Waals surface area contributed by atoms with Crippen LogP contribution in [0.5, 0.6) is 5.75 Å². The number of rotatable bonds is 6. The van der Waals surface area contributed by atoms with E-state index in [1.54, 1.807) is 12.1 Å². The number of halogens is 4. The van der Waals surface area contributed by atoms with E-state index >= 15 is 0 Å². The summed E-state index contributed by atoms with van der Waals surface area (Å²) in [5, 5.41) is 4.77. The molecule has 0 amide bonds. The van der Waals surface area contributed by atoms with Crippen molar-refractivity contribution in [2.24, 2.45) is 0 Å². The highest BCUT2D eigenvalue weighted by Crippen LogP contribution is 2.24. The van der Waals surface area contributed by atoms with Gasteiger partial charge in [-0.2, -0.15) is 0 Å². The number of ether oxygens (including phenoxy) is 1. The van der Waals surface area contributed by atoms with E-state index in [0.717, 1.165) is 16.8 Å². The molecule has 6 heteroatoms. The van der Waals surface area contributed by atoms with Crippen molar-refractivity contribution in [2.45, 2.75) is 13.2 Å². The lowest BCUT2D eigenvalue weighted by molar-refractivity contribution is 0.306. The minimum atomic E-state index is -0.368. The Balaban J connectivity index is 1.62. The quantitative estimate of drug-likeness (QED) is 0.473. The fraction of sp³-hybridized carbons (Fsp3) is 0.100. The highest BCUT2D eigenvalue weighted by Gasteiger charge is 2.04. The summed E-state index contributed by atoms with van der Waals surface area (Å²) in [6, 6.07) is 17.2. The molecule has 0 spiro atoms. The normalized spacial score (nSPS) is 10.6. The molecular weight excluding hydrogens is 396 g/mol. The Morgan fingerprint density at radius 2 is 1.65 bits per heavy atom. The van der Waals surface area contributed by atoms with E-state index in [1.807, 2.05) is 36.4 Å². The first kappa shape index (κ1) is 18.8. The Kier molecular flexibility index (Phi) is 6.25. The van der Waals surface area contributed by atoms with Gasteiger partial charge in [-0.1, -0.05) is 53.0 Å². The van der Waals surface area contributed by atoms with Crippen molar-refractivity contribution >= 4 is 40.5 Å². The molecule has 0 heterocycles. The second kappa shape index (κ2) is 8.63. The van der Waals surface area contributed by atoms with E-state index in [0.29, 0.717) is 27.4 Å². The summed E-state index contributed by atoms with van der Waals surface area (Å²) in [5.41, 5.74) is 2.60. The Labute approximate surface area is 166 Å². The molecular formula is C20H15Cl3FNO. The van der Waals surface area contributed by atoms with Crippen LogP contribution in [-0.4, -0.2) is 0 Å². The monoisotopic (exact) mass is 409 g/mol. The summed E-state index contributed by atoms with van der Waals surface area (Å²) in [6.07, 6.45) is 0. The number of nitrogens with one attached hydrogen (secondary N) is 1. The summed E-state index contributed by atoms with van der Waals surface area (Å²) in [6.45, 7) is 0.852. The van der Waals surface area contributed by atoms with Crippen molar-refractivity contribution in [3.05, 3.63) is 92.7 Å². The summed E-state index contributed by atoms with van der Waals surface area (Å²) in [7, 11) is 0. The molecule has 0 unspecified atom stereocenters. The molecule has 0 aliphatic heterocycles. The van der Waals surface area contributed by atoms with Crippen LogP contribution in [0.1, 0.15) is 11.1 Å². The van der Waals surface area contributed by atoms with Crippen LogP contribution < -0.4 is 10.1 Å². The van der Waals surface area contributed by atoms with Gasteiger partial charge in [0.05, 0.1) is 5.02 Å². The molecule has 3 rings (SSSR count). The Morgan fingerprint density at radius 3 is 2.38 bits per heavy atom. The number of hydrogen-bond acceptors (Lipinski definition) is 2. The van der Waals surface area contributed by atoms with Crippen molar-refractivity contribution in [3.8, 4) is 5.75 Å². The fourth-order valence-corrected chi connectivity index (χ4v) is 3.15. The van der Waals surface area contributed by atoms with Crippen LogP contribution in [0.15, 0.2) is 60.7 Å². The maximum atomic E-state index is 13.1. The maximum Gasteiger partial charge on any atom is 0.124 e. The predicted molar refractivity (Wildman–Crippen MR) is 106 cm³/mol. The lowest BCUT2D eigenvalue weighted by atomic mass is 10.2. The fourth-order valence-electron chi connectivity index (χ4n) is 2.41. The largest absolute Gasteiger partial charge is 0.489 e. The van der Waals surface area contributed by atoms with Gasteiger partial charge >= 0.3 is 0 Å². The zero-order chi connectivity index (χ0) is 18.5. The van der Waals surface area contributed by atoms with Gasteiger partial charge in [-0.05, 0) is 48.0 Å². The Bertz CT molecular complexity index is 897. The van der Waals surface area contributed by atoms with E-state index in [9.17, 15) is 4.39 Å². The first-order valence-electron chi connectivity index (χ1n) is 7.85. The minimum absolute atomic E-state index is 0.264. The molecule has 0 aliphatic carbocycles. The highest BCUT2D eigenvalue weighted by molar-refractivity contribution is 6.35. The van der Waals surface area contributed by atoms with Gasteiger partial charge in [0.15, 0.2) is 0 Å². The Morgan fingerprint density at radius 1 is 0.885 bits per heavy atom. The van der Waals surface area contributed by atoms with Crippen molar-refractivity contribution < 1.29 is 9.13 Å². The average molecular weight is 411 g/mol. The van der Waals surface area contributed by atoms with Crippen molar-refractivity contribution in [3.63, 3.8) is 0 Å². The van der Waals surface area contributed by atoms with Crippen LogP contribution in [0.4, 0.5) is 10.1 Å². The molecule has 0 aromatic heterocycles. The second-order valence-corrected chi connectivity index (χ2v) is 6.96. The molecule has 26 heavy (non-hydrogen) atoms. The molecule has 0 saturated heterocycles. The van der Waals surface area contributed by atoms with Crippen LogP contribution in [-0.2, 0) is 13.2 Å². The molecule has 0 aliphatic rings. The molecule has 0 fully saturated rings. The molecule has 1 N–H and O–H groups in total. The van der Waals surface area contributed by atoms with Gasteiger partial charge in [-0.3, -0.25) is 0 Å². The van der Waals surface area contributed by atoms with Crippen molar-refractivity contribution in [1.29, 1.82) is 0 Å². The number of anilines is 1. The summed E-state index contributed by atoms with van der Waals surface area (Å²) >= 11 is 18.0. The lowest BCUT2D eigenvalue weighted by Gasteiger charge is -2.11. The third-order valence-electron chi connectivity index (χ3n) is 3.67. The molecule has 3 aromatic rings. The third-order valence-corrected chi connectivity index (χ3v) is 4.46. The van der Waals surface area contributed by atoms with Crippen LogP contribution >= 0.6 is 34.8 Å². The SMILES string of the molecule is Fc1ccc(COc2cccc(CNc3cc(Cl)cc(Cl)c3)c2)c(Cl)c1. The first-order valence-corrected chi connectivity index (χ1v) is 8.98. The molecule has 0 bridgehead atoms. The van der Waals surface area contributed by atoms with Gasteiger partial charge in [0.2, 0.25) is 0 Å². The highest BCUT2D eigenvalue weighted by atomic mass is 35.5. The van der Waals surface area contributed by atoms with E-state index in [2.05, 4.69) is 5.32 Å². The topological polar surface area (TPSA) is 21.3 Å². The summed E-state index contributed by atoms with van der Waals surface area (Å²) in [5.74, 6) is 0.335. The molecule has 0 radical (unpaired) electrons. The van der Waals surface area contributed by atoms with E-state index < -0.39 is 0 Å². The summed E-state index contributed by atoms with van der Waals surface area (Å²) in [4.78, 5) is 0. The number of benzene rings is 3.